The Balaban J connectivity index is 2.71. The molecule has 0 spiro atoms. The maximum Gasteiger partial charge on any atom is 0.0365 e. The van der Waals surface area contributed by atoms with Crippen LogP contribution in [0.3, 0.4) is 0 Å². The lowest BCUT2D eigenvalue weighted by Gasteiger charge is -2.51. The molecule has 0 heterocycles. The standard InChI is InChI=1S/C13H28N2S2/c1-5-11(10-16-3)15(2)12(9-14)13(17-4)7-6-8-13/h11-12H,5-10,14H2,1-4H3. The van der Waals surface area contributed by atoms with E-state index in [1.54, 1.807) is 0 Å². The summed E-state index contributed by atoms with van der Waals surface area (Å²) < 4.78 is 0.440. The third kappa shape index (κ3) is 3.34. The SMILES string of the molecule is CCC(CSC)N(C)C(CN)C1(SC)CCC1. The van der Waals surface area contributed by atoms with Gasteiger partial charge in [-0.05, 0) is 38.8 Å². The van der Waals surface area contributed by atoms with Gasteiger partial charge in [0.05, 0.1) is 0 Å². The molecule has 0 aromatic rings. The predicted molar refractivity (Wildman–Crippen MR) is 83.2 cm³/mol. The Hall–Kier alpha value is 0.620. The molecule has 1 aliphatic rings. The molecule has 1 aliphatic carbocycles. The van der Waals surface area contributed by atoms with Crippen LogP contribution in [0.2, 0.25) is 0 Å². The van der Waals surface area contributed by atoms with Crippen molar-refractivity contribution >= 4 is 23.5 Å². The Labute approximate surface area is 115 Å². The van der Waals surface area contributed by atoms with Crippen LogP contribution in [-0.2, 0) is 0 Å². The third-order valence-electron chi connectivity index (χ3n) is 4.33. The van der Waals surface area contributed by atoms with Gasteiger partial charge in [0.1, 0.15) is 0 Å². The molecule has 1 rings (SSSR count). The van der Waals surface area contributed by atoms with Gasteiger partial charge in [0, 0.05) is 29.1 Å². The largest absolute Gasteiger partial charge is 0.329 e. The van der Waals surface area contributed by atoms with E-state index < -0.39 is 0 Å². The molecule has 0 bridgehead atoms. The maximum atomic E-state index is 6.07. The quantitative estimate of drug-likeness (QED) is 0.738. The van der Waals surface area contributed by atoms with Crippen molar-refractivity contribution in [2.75, 3.05) is 31.9 Å². The fourth-order valence-corrected chi connectivity index (χ4v) is 5.01. The van der Waals surface area contributed by atoms with E-state index in [0.717, 1.165) is 6.54 Å². The number of nitrogens with two attached hydrogens (primary N) is 1. The smallest absolute Gasteiger partial charge is 0.0365 e. The van der Waals surface area contributed by atoms with E-state index in [4.69, 9.17) is 5.73 Å². The maximum absolute atomic E-state index is 6.07. The molecule has 1 fully saturated rings. The van der Waals surface area contributed by atoms with Crippen LogP contribution in [0.25, 0.3) is 0 Å². The molecule has 2 unspecified atom stereocenters. The predicted octanol–water partition coefficient (Wildman–Crippen LogP) is 2.67. The van der Waals surface area contributed by atoms with E-state index in [1.165, 1.54) is 31.4 Å². The highest BCUT2D eigenvalue weighted by molar-refractivity contribution is 8.00. The van der Waals surface area contributed by atoms with Crippen LogP contribution >= 0.6 is 23.5 Å². The highest BCUT2D eigenvalue weighted by atomic mass is 32.2. The molecule has 17 heavy (non-hydrogen) atoms. The van der Waals surface area contributed by atoms with E-state index in [9.17, 15) is 0 Å². The summed E-state index contributed by atoms with van der Waals surface area (Å²) in [5, 5.41) is 0. The third-order valence-corrected chi connectivity index (χ3v) is 6.55. The molecule has 0 aromatic carbocycles. The fourth-order valence-electron chi connectivity index (χ4n) is 2.92. The van der Waals surface area contributed by atoms with Gasteiger partial charge in [-0.3, -0.25) is 4.90 Å². The van der Waals surface area contributed by atoms with Crippen molar-refractivity contribution in [1.82, 2.24) is 4.90 Å². The van der Waals surface area contributed by atoms with Gasteiger partial charge in [0.15, 0.2) is 0 Å². The van der Waals surface area contributed by atoms with Gasteiger partial charge in [-0.15, -0.1) is 0 Å². The molecule has 0 radical (unpaired) electrons. The molecule has 1 saturated carbocycles. The second-order valence-electron chi connectivity index (χ2n) is 5.06. The molecule has 4 heteroatoms. The Kier molecular flexibility index (Phi) is 6.70. The molecule has 0 saturated heterocycles. The van der Waals surface area contributed by atoms with Gasteiger partial charge in [-0.2, -0.15) is 23.5 Å². The van der Waals surface area contributed by atoms with E-state index in [-0.39, 0.29) is 0 Å². The van der Waals surface area contributed by atoms with Crippen molar-refractivity contribution in [1.29, 1.82) is 0 Å². The topological polar surface area (TPSA) is 29.3 Å². The number of nitrogens with zero attached hydrogens (tertiary/aromatic N) is 1. The first-order chi connectivity index (χ1) is 8.15. The molecular formula is C13H28N2S2. The van der Waals surface area contributed by atoms with Gasteiger partial charge >= 0.3 is 0 Å². The minimum atomic E-state index is 0.440. The zero-order valence-electron chi connectivity index (χ0n) is 11.7. The molecule has 0 amide bonds. The van der Waals surface area contributed by atoms with Gasteiger partial charge in [0.25, 0.3) is 0 Å². The highest BCUT2D eigenvalue weighted by Crippen LogP contribution is 2.47. The molecule has 102 valence electrons. The van der Waals surface area contributed by atoms with E-state index in [2.05, 4.69) is 31.4 Å². The first-order valence-corrected chi connectivity index (χ1v) is 9.23. The number of thioether (sulfide) groups is 2. The van der Waals surface area contributed by atoms with Crippen LogP contribution in [0.5, 0.6) is 0 Å². The van der Waals surface area contributed by atoms with Crippen LogP contribution in [-0.4, -0.2) is 53.6 Å². The lowest BCUT2D eigenvalue weighted by molar-refractivity contribution is 0.115. The average Bonchev–Trinajstić information content (AvgIpc) is 2.29. The molecule has 2 N–H and O–H groups in total. The van der Waals surface area contributed by atoms with E-state index in [1.807, 2.05) is 23.5 Å². The average molecular weight is 277 g/mol. The minimum Gasteiger partial charge on any atom is -0.329 e. The van der Waals surface area contributed by atoms with Crippen LogP contribution in [0, 0.1) is 0 Å². The molecule has 0 aliphatic heterocycles. The van der Waals surface area contributed by atoms with Gasteiger partial charge in [-0.1, -0.05) is 13.3 Å². The van der Waals surface area contributed by atoms with Crippen LogP contribution in [0.15, 0.2) is 0 Å². The molecular weight excluding hydrogens is 248 g/mol. The van der Waals surface area contributed by atoms with Gasteiger partial charge < -0.3 is 5.73 Å². The summed E-state index contributed by atoms with van der Waals surface area (Å²) in [7, 11) is 2.28. The lowest BCUT2D eigenvalue weighted by Crippen LogP contribution is -2.59. The summed E-state index contributed by atoms with van der Waals surface area (Å²) in [4.78, 5) is 2.56. The Morgan fingerprint density at radius 1 is 1.35 bits per heavy atom. The van der Waals surface area contributed by atoms with Crippen molar-refractivity contribution in [2.24, 2.45) is 5.73 Å². The van der Waals surface area contributed by atoms with Crippen molar-refractivity contribution in [2.45, 2.75) is 49.4 Å². The summed E-state index contributed by atoms with van der Waals surface area (Å²) in [6.45, 7) is 3.08. The highest BCUT2D eigenvalue weighted by Gasteiger charge is 2.45. The summed E-state index contributed by atoms with van der Waals surface area (Å²) in [5.41, 5.74) is 6.07. The number of hydrogen-bond acceptors (Lipinski definition) is 4. The number of rotatable bonds is 8. The molecule has 2 atom stereocenters. The van der Waals surface area contributed by atoms with Crippen molar-refractivity contribution in [3.05, 3.63) is 0 Å². The second-order valence-corrected chi connectivity index (χ2v) is 7.19. The van der Waals surface area contributed by atoms with Gasteiger partial charge in [0.2, 0.25) is 0 Å². The summed E-state index contributed by atoms with van der Waals surface area (Å²) in [6, 6.07) is 1.21. The first kappa shape index (κ1) is 15.7. The lowest BCUT2D eigenvalue weighted by atomic mass is 9.77. The minimum absolute atomic E-state index is 0.440. The normalized spacial score (nSPS) is 22.2. The van der Waals surface area contributed by atoms with Crippen molar-refractivity contribution < 1.29 is 0 Å². The second kappa shape index (κ2) is 7.27. The van der Waals surface area contributed by atoms with Crippen LogP contribution in [0.1, 0.15) is 32.6 Å². The molecule has 2 nitrogen and oxygen atoms in total. The van der Waals surface area contributed by atoms with E-state index >= 15 is 0 Å². The first-order valence-electron chi connectivity index (χ1n) is 6.61. The summed E-state index contributed by atoms with van der Waals surface area (Å²) >= 11 is 3.98. The van der Waals surface area contributed by atoms with Crippen molar-refractivity contribution in [3.63, 3.8) is 0 Å². The van der Waals surface area contributed by atoms with E-state index in [0.29, 0.717) is 16.8 Å². The Morgan fingerprint density at radius 3 is 2.29 bits per heavy atom. The summed E-state index contributed by atoms with van der Waals surface area (Å²) in [6.07, 6.45) is 9.74. The Bertz CT molecular complexity index is 214. The summed E-state index contributed by atoms with van der Waals surface area (Å²) in [5.74, 6) is 1.22. The Morgan fingerprint density at radius 2 is 2.00 bits per heavy atom. The monoisotopic (exact) mass is 276 g/mol. The van der Waals surface area contributed by atoms with Crippen molar-refractivity contribution in [3.8, 4) is 0 Å². The molecule has 0 aromatic heterocycles. The zero-order chi connectivity index (χ0) is 12.9. The number of likely N-dealkylation sites (N-methyl/N-ethyl adjacent to an activating group) is 1. The number of hydrogen-bond donors (Lipinski definition) is 1. The fraction of sp³-hybridized carbons (Fsp3) is 1.00. The van der Waals surface area contributed by atoms with Gasteiger partial charge in [-0.25, -0.2) is 0 Å². The van der Waals surface area contributed by atoms with Crippen LogP contribution < -0.4 is 5.73 Å². The van der Waals surface area contributed by atoms with Crippen LogP contribution in [0.4, 0.5) is 0 Å². The zero-order valence-corrected chi connectivity index (χ0v) is 13.4.